The maximum absolute atomic E-state index is 4.53. The molecule has 158 valence electrons. The van der Waals surface area contributed by atoms with Gasteiger partial charge in [0, 0.05) is 0 Å². The fraction of sp³-hybridized carbons (Fsp3) is 0.500. The minimum Gasteiger partial charge on any atom is -0.0949 e. The highest BCUT2D eigenvalue weighted by molar-refractivity contribution is 7.45. The smallest absolute Gasteiger partial charge is 0.00106 e. The van der Waals surface area contributed by atoms with Gasteiger partial charge in [-0.05, 0) is 105 Å². The summed E-state index contributed by atoms with van der Waals surface area (Å²) in [5.41, 5.74) is 16.6. The normalized spacial score (nSPS) is 22.3. The Morgan fingerprint density at radius 2 is 1.34 bits per heavy atom. The number of hydrogen-bond donors (Lipinski definition) is 0. The molecule has 0 saturated carbocycles. The Labute approximate surface area is 182 Å². The monoisotopic (exact) mass is 408 g/mol. The second kappa shape index (κ2) is 8.77. The summed E-state index contributed by atoms with van der Waals surface area (Å²) in [5.74, 6) is 0. The van der Waals surface area contributed by atoms with Crippen LogP contribution in [0.25, 0.3) is 5.57 Å². The molecule has 1 aromatic carbocycles. The molecule has 1 unspecified atom stereocenters. The molecule has 0 nitrogen and oxygen atoms in total. The van der Waals surface area contributed by atoms with Crippen LogP contribution in [-0.2, 0) is 6.42 Å². The van der Waals surface area contributed by atoms with Crippen LogP contribution < -0.4 is 0 Å². The van der Waals surface area contributed by atoms with Crippen molar-refractivity contribution in [2.45, 2.75) is 93.7 Å². The van der Waals surface area contributed by atoms with Crippen LogP contribution in [0.1, 0.15) is 102 Å². The first-order chi connectivity index (χ1) is 13.8. The van der Waals surface area contributed by atoms with Gasteiger partial charge in [0.1, 0.15) is 0 Å². The predicted molar refractivity (Wildman–Crippen MR) is 136 cm³/mol. The second-order valence-electron chi connectivity index (χ2n) is 8.29. The van der Waals surface area contributed by atoms with Gasteiger partial charge in [-0.3, -0.25) is 0 Å². The highest BCUT2D eigenvalue weighted by Crippen LogP contribution is 2.63. The summed E-state index contributed by atoms with van der Waals surface area (Å²) >= 11 is 0. The molecule has 29 heavy (non-hydrogen) atoms. The summed E-state index contributed by atoms with van der Waals surface area (Å²) < 4.78 is 0. The molecule has 0 amide bonds. The highest BCUT2D eigenvalue weighted by Gasteiger charge is 2.44. The van der Waals surface area contributed by atoms with Crippen LogP contribution in [0.15, 0.2) is 40.8 Å². The van der Waals surface area contributed by atoms with Crippen LogP contribution in [0.5, 0.6) is 0 Å². The van der Waals surface area contributed by atoms with Gasteiger partial charge in [0.25, 0.3) is 0 Å². The Morgan fingerprint density at radius 1 is 0.759 bits per heavy atom. The third-order valence-corrected chi connectivity index (χ3v) is 7.89. The molecular formula is C28H41P. The van der Waals surface area contributed by atoms with Crippen LogP contribution in [0.3, 0.4) is 0 Å². The van der Waals surface area contributed by atoms with Crippen LogP contribution in [-0.4, -0.2) is 5.16 Å². The molecule has 1 heteroatoms. The lowest BCUT2D eigenvalue weighted by atomic mass is 9.82. The minimum atomic E-state index is 0.395. The largest absolute Gasteiger partial charge is 0.0949 e. The fourth-order valence-electron chi connectivity index (χ4n) is 4.69. The quantitative estimate of drug-likeness (QED) is 0.325. The predicted octanol–water partition coefficient (Wildman–Crippen LogP) is 9.03. The van der Waals surface area contributed by atoms with E-state index in [1.165, 1.54) is 57.1 Å². The zero-order valence-corrected chi connectivity index (χ0v) is 21.5. The van der Waals surface area contributed by atoms with Gasteiger partial charge in [-0.25, -0.2) is 0 Å². The second-order valence-corrected chi connectivity index (χ2v) is 10.4. The molecule has 0 saturated heterocycles. The van der Waals surface area contributed by atoms with E-state index in [9.17, 15) is 0 Å². The molecule has 0 N–H and O–H groups in total. The van der Waals surface area contributed by atoms with E-state index in [2.05, 4.69) is 40.9 Å². The molecule has 0 bridgehead atoms. The molecule has 1 heterocycles. The standard InChI is InChI=1S/C22H23P.3C2H6/c1-10-7-15(13(4)17-9-22(5,6)23-21(10)17)19-18-12(3)11(2)14-8-16(14)20(18)19;3*1-2/h23H,1,4,7-9H2,2-3,5-6H3;3*1-2H3/b19-15+;;;. The molecule has 5 rings (SSSR count). The molecule has 0 radical (unpaired) electrons. The Bertz CT molecular complexity index is 932. The van der Waals surface area contributed by atoms with Crippen molar-refractivity contribution in [3.05, 3.63) is 74.1 Å². The van der Waals surface area contributed by atoms with Crippen LogP contribution in [0, 0.1) is 13.8 Å². The number of fused-ring (bicyclic) bond motifs is 3. The summed E-state index contributed by atoms with van der Waals surface area (Å²) in [6.45, 7) is 30.3. The van der Waals surface area contributed by atoms with E-state index in [0.717, 1.165) is 15.0 Å². The first kappa shape index (κ1) is 23.9. The van der Waals surface area contributed by atoms with Gasteiger partial charge in [-0.1, -0.05) is 77.1 Å². The van der Waals surface area contributed by atoms with Gasteiger partial charge in [0.2, 0.25) is 0 Å². The van der Waals surface area contributed by atoms with Gasteiger partial charge < -0.3 is 0 Å². The summed E-state index contributed by atoms with van der Waals surface area (Å²) in [6, 6.07) is 0. The van der Waals surface area contributed by atoms with E-state index in [1.54, 1.807) is 22.3 Å². The van der Waals surface area contributed by atoms with Crippen molar-refractivity contribution in [3.63, 3.8) is 0 Å². The Hall–Kier alpha value is -1.39. The Balaban J connectivity index is 0.000000461. The number of allylic oxidation sites excluding steroid dienone is 5. The van der Waals surface area contributed by atoms with Crippen molar-refractivity contribution in [1.82, 2.24) is 0 Å². The lowest BCUT2D eigenvalue weighted by Gasteiger charge is -2.22. The maximum atomic E-state index is 4.53. The van der Waals surface area contributed by atoms with Crippen LogP contribution in [0.2, 0.25) is 0 Å². The summed E-state index contributed by atoms with van der Waals surface area (Å²) in [5, 5.41) is 1.93. The lowest BCUT2D eigenvalue weighted by molar-refractivity contribution is 0.714. The van der Waals surface area contributed by atoms with Gasteiger partial charge in [0.15, 0.2) is 0 Å². The van der Waals surface area contributed by atoms with E-state index >= 15 is 0 Å². The summed E-state index contributed by atoms with van der Waals surface area (Å²) in [6.07, 6.45) is 3.40. The highest BCUT2D eigenvalue weighted by atomic mass is 31.1. The van der Waals surface area contributed by atoms with Crippen LogP contribution >= 0.6 is 8.58 Å². The molecule has 3 aliphatic carbocycles. The van der Waals surface area contributed by atoms with Gasteiger partial charge in [-0.2, -0.15) is 0 Å². The van der Waals surface area contributed by atoms with E-state index in [4.69, 9.17) is 0 Å². The van der Waals surface area contributed by atoms with E-state index < -0.39 is 0 Å². The Morgan fingerprint density at radius 3 is 1.93 bits per heavy atom. The van der Waals surface area contributed by atoms with Crippen molar-refractivity contribution in [2.75, 3.05) is 0 Å². The van der Waals surface area contributed by atoms with Crippen molar-refractivity contribution < 1.29 is 0 Å². The average molecular weight is 409 g/mol. The van der Waals surface area contributed by atoms with Crippen molar-refractivity contribution >= 4 is 14.2 Å². The topological polar surface area (TPSA) is 0 Å². The molecule has 4 aliphatic rings. The van der Waals surface area contributed by atoms with Gasteiger partial charge >= 0.3 is 0 Å². The molecule has 1 aromatic rings. The molecule has 0 aromatic heterocycles. The van der Waals surface area contributed by atoms with Gasteiger partial charge in [0.05, 0.1) is 0 Å². The minimum absolute atomic E-state index is 0.395. The average Bonchev–Trinajstić information content (AvgIpc) is 3.62. The molecule has 0 fully saturated rings. The van der Waals surface area contributed by atoms with E-state index in [0.29, 0.717) is 5.16 Å². The summed E-state index contributed by atoms with van der Waals surface area (Å²) in [4.78, 5) is 0. The lowest BCUT2D eigenvalue weighted by Crippen LogP contribution is -2.09. The maximum Gasteiger partial charge on any atom is -0.00106 e. The molecule has 1 aliphatic heterocycles. The zero-order chi connectivity index (χ0) is 22.3. The number of benzene rings is 1. The fourth-order valence-corrected chi connectivity index (χ4v) is 6.29. The van der Waals surface area contributed by atoms with Crippen molar-refractivity contribution in [2.24, 2.45) is 0 Å². The van der Waals surface area contributed by atoms with Gasteiger partial charge in [-0.15, -0.1) is 0 Å². The third kappa shape index (κ3) is 3.86. The van der Waals surface area contributed by atoms with Crippen molar-refractivity contribution in [3.8, 4) is 0 Å². The molecule has 1 atom stereocenters. The number of hydrogen-bond acceptors (Lipinski definition) is 0. The SMILES string of the molecule is C=C1C/C(=C2/c3c(C)c(C)c4c(c32)C4)C(=C)C2=C1PC(C)(C)C2.CC.CC.CC. The summed E-state index contributed by atoms with van der Waals surface area (Å²) in [7, 11) is 0.894. The third-order valence-electron chi connectivity index (χ3n) is 6.13. The first-order valence-corrected chi connectivity index (χ1v) is 12.6. The van der Waals surface area contributed by atoms with Crippen molar-refractivity contribution in [1.29, 1.82) is 0 Å². The molecule has 0 spiro atoms. The van der Waals surface area contributed by atoms with E-state index in [1.807, 2.05) is 41.5 Å². The molecular weight excluding hydrogens is 367 g/mol. The first-order valence-electron chi connectivity index (χ1n) is 11.6. The van der Waals surface area contributed by atoms with E-state index in [-0.39, 0.29) is 0 Å². The zero-order valence-electron chi connectivity index (χ0n) is 20.5. The van der Waals surface area contributed by atoms with Crippen LogP contribution in [0.4, 0.5) is 0 Å². The number of rotatable bonds is 0. The Kier molecular flexibility index (Phi) is 7.22.